The van der Waals surface area contributed by atoms with Crippen LogP contribution in [0.5, 0.6) is 0 Å². The number of pyridine rings is 1. The van der Waals surface area contributed by atoms with Crippen molar-refractivity contribution in [3.05, 3.63) is 46.8 Å². The molecule has 1 heterocycles. The second-order valence-electron chi connectivity index (χ2n) is 7.34. The van der Waals surface area contributed by atoms with Gasteiger partial charge in [0.25, 0.3) is 0 Å². The number of Topliss-reactive ketones (excluding diaryl/α,β-unsaturated/α-hetero) is 1. The van der Waals surface area contributed by atoms with E-state index in [0.29, 0.717) is 23.4 Å². The molecule has 1 fully saturated rings. The minimum absolute atomic E-state index is 0.0469. The Hall–Kier alpha value is -1.80. The van der Waals surface area contributed by atoms with E-state index in [0.717, 1.165) is 42.3 Å². The Labute approximate surface area is 151 Å². The second-order valence-corrected chi connectivity index (χ2v) is 7.96. The van der Waals surface area contributed by atoms with Crippen molar-refractivity contribution < 1.29 is 9.36 Å². The zero-order valence-corrected chi connectivity index (χ0v) is 16.0. The summed E-state index contributed by atoms with van der Waals surface area (Å²) in [5.74, 6) is 1.07. The Kier molecular flexibility index (Phi) is 5.48. The fourth-order valence-electron chi connectivity index (χ4n) is 3.92. The Morgan fingerprint density at radius 2 is 2.16 bits per heavy atom. The molecular formula is C20H25N2O2P. The third-order valence-corrected chi connectivity index (χ3v) is 6.30. The van der Waals surface area contributed by atoms with E-state index in [2.05, 4.69) is 24.1 Å². The molecule has 1 aromatic rings. The summed E-state index contributed by atoms with van der Waals surface area (Å²) in [4.78, 5) is 17.2. The quantitative estimate of drug-likeness (QED) is 0.572. The summed E-state index contributed by atoms with van der Waals surface area (Å²) in [7, 11) is 0.227. The maximum atomic E-state index is 13.0. The number of nitrogens with zero attached hydrogens (tertiary/aromatic N) is 1. The highest BCUT2D eigenvalue weighted by Crippen LogP contribution is 2.36. The average Bonchev–Trinajstić information content (AvgIpc) is 3.11. The number of ketones is 1. The number of hydrogen-bond acceptors (Lipinski definition) is 4. The Bertz CT molecular complexity index is 754. The number of carbonyl (C=O) groups excluding carboxylic acids is 1. The smallest absolute Gasteiger partial charge is 0.196 e. The molecule has 0 bridgehead atoms. The summed E-state index contributed by atoms with van der Waals surface area (Å²) in [5.41, 5.74) is 4.64. The number of allylic oxidation sites excluding steroid dienone is 4. The van der Waals surface area contributed by atoms with Crippen molar-refractivity contribution in [3.63, 3.8) is 0 Å². The predicted molar refractivity (Wildman–Crippen MR) is 101 cm³/mol. The van der Waals surface area contributed by atoms with Gasteiger partial charge in [-0.3, -0.25) is 14.3 Å². The van der Waals surface area contributed by atoms with E-state index in [4.69, 9.17) is 0 Å². The van der Waals surface area contributed by atoms with Crippen LogP contribution in [0.3, 0.4) is 0 Å². The van der Waals surface area contributed by atoms with Crippen LogP contribution in [-0.2, 0) is 4.57 Å². The van der Waals surface area contributed by atoms with Gasteiger partial charge in [-0.15, -0.1) is 0 Å². The van der Waals surface area contributed by atoms with Crippen molar-refractivity contribution in [1.29, 1.82) is 0 Å². The molecular weight excluding hydrogens is 331 g/mol. The molecule has 1 N–H and O–H groups in total. The van der Waals surface area contributed by atoms with Gasteiger partial charge in [-0.05, 0) is 56.6 Å². The van der Waals surface area contributed by atoms with Crippen LogP contribution in [0.1, 0.15) is 50.4 Å². The largest absolute Gasteiger partial charge is 0.382 e. The van der Waals surface area contributed by atoms with Crippen molar-refractivity contribution in [2.45, 2.75) is 46.1 Å². The van der Waals surface area contributed by atoms with Gasteiger partial charge in [0.1, 0.15) is 0 Å². The van der Waals surface area contributed by atoms with Crippen LogP contribution in [-0.4, -0.2) is 23.0 Å². The van der Waals surface area contributed by atoms with Crippen LogP contribution < -0.4 is 5.32 Å². The molecule has 0 aromatic carbocycles. The normalized spacial score (nSPS) is 26.2. The van der Waals surface area contributed by atoms with Crippen LogP contribution in [0.15, 0.2) is 41.3 Å². The highest BCUT2D eigenvalue weighted by atomic mass is 31.1. The fraction of sp³-hybridized carbons (Fsp3) is 0.500. The Morgan fingerprint density at radius 3 is 2.84 bits per heavy atom. The van der Waals surface area contributed by atoms with Gasteiger partial charge in [0.05, 0.1) is 5.56 Å². The first-order valence-corrected chi connectivity index (χ1v) is 9.92. The summed E-state index contributed by atoms with van der Waals surface area (Å²) >= 11 is 0. The highest BCUT2D eigenvalue weighted by Gasteiger charge is 2.32. The van der Waals surface area contributed by atoms with E-state index in [9.17, 15) is 9.36 Å². The van der Waals surface area contributed by atoms with Gasteiger partial charge in [0, 0.05) is 35.9 Å². The monoisotopic (exact) mass is 356 g/mol. The van der Waals surface area contributed by atoms with E-state index >= 15 is 0 Å². The van der Waals surface area contributed by atoms with Crippen molar-refractivity contribution in [2.75, 3.05) is 11.5 Å². The van der Waals surface area contributed by atoms with Gasteiger partial charge in [-0.25, -0.2) is 0 Å². The maximum Gasteiger partial charge on any atom is 0.196 e. The van der Waals surface area contributed by atoms with Gasteiger partial charge in [0.2, 0.25) is 0 Å². The number of anilines is 1. The van der Waals surface area contributed by atoms with E-state index in [-0.39, 0.29) is 14.2 Å². The molecule has 25 heavy (non-hydrogen) atoms. The minimum atomic E-state index is 0.0469. The van der Waals surface area contributed by atoms with Crippen molar-refractivity contribution >= 4 is 19.9 Å². The maximum absolute atomic E-state index is 13.0. The van der Waals surface area contributed by atoms with Crippen LogP contribution in [0.2, 0.25) is 0 Å². The first kappa shape index (κ1) is 18.0. The molecule has 0 unspecified atom stereocenters. The van der Waals surface area contributed by atoms with Crippen LogP contribution in [0.25, 0.3) is 0 Å². The van der Waals surface area contributed by atoms with Crippen molar-refractivity contribution in [3.8, 4) is 0 Å². The second kappa shape index (κ2) is 7.61. The average molecular weight is 356 g/mol. The molecule has 0 spiro atoms. The lowest BCUT2D eigenvalue weighted by molar-refractivity contribution is 0.103. The third kappa shape index (κ3) is 3.74. The zero-order valence-electron chi connectivity index (χ0n) is 15.1. The molecule has 1 saturated carbocycles. The number of rotatable bonds is 6. The topological polar surface area (TPSA) is 59.1 Å². The van der Waals surface area contributed by atoms with Crippen LogP contribution >= 0.6 is 8.46 Å². The lowest BCUT2D eigenvalue weighted by atomic mass is 9.98. The first-order valence-electron chi connectivity index (χ1n) is 8.92. The SMILES string of the molecule is CC1=C(C)C(C(=O)c2cnccc2N[C@@H]2C[C@H](CP=O)[C@@H](C)C2)=CC1. The number of hydrogen-bond donors (Lipinski definition) is 1. The van der Waals surface area contributed by atoms with E-state index in [1.165, 1.54) is 5.57 Å². The molecule has 132 valence electrons. The molecule has 0 radical (unpaired) electrons. The lowest BCUT2D eigenvalue weighted by Gasteiger charge is -2.17. The molecule has 2 aliphatic carbocycles. The zero-order chi connectivity index (χ0) is 18.0. The minimum Gasteiger partial charge on any atom is -0.382 e. The lowest BCUT2D eigenvalue weighted by Crippen LogP contribution is -2.19. The van der Waals surface area contributed by atoms with Gasteiger partial charge < -0.3 is 5.32 Å². The summed E-state index contributed by atoms with van der Waals surface area (Å²) in [6, 6.07) is 2.20. The molecule has 2 aliphatic rings. The Balaban J connectivity index is 1.78. The Morgan fingerprint density at radius 1 is 1.36 bits per heavy atom. The number of carbonyl (C=O) groups is 1. The molecule has 5 heteroatoms. The fourth-order valence-corrected chi connectivity index (χ4v) is 4.62. The number of nitrogens with one attached hydrogen (secondary N) is 1. The molecule has 0 aliphatic heterocycles. The number of aromatic nitrogens is 1. The van der Waals surface area contributed by atoms with E-state index in [1.807, 2.05) is 19.1 Å². The molecule has 0 amide bonds. The molecule has 4 nitrogen and oxygen atoms in total. The van der Waals surface area contributed by atoms with Crippen LogP contribution in [0.4, 0.5) is 5.69 Å². The van der Waals surface area contributed by atoms with Gasteiger partial charge >= 0.3 is 0 Å². The summed E-state index contributed by atoms with van der Waals surface area (Å²) in [5, 5.41) is 3.55. The van der Waals surface area contributed by atoms with Gasteiger partial charge in [-0.1, -0.05) is 18.6 Å². The summed E-state index contributed by atoms with van der Waals surface area (Å²) in [6.07, 6.45) is 9.01. The van der Waals surface area contributed by atoms with E-state index in [1.54, 1.807) is 12.4 Å². The third-order valence-electron chi connectivity index (χ3n) is 5.68. The first-order chi connectivity index (χ1) is 12.0. The van der Waals surface area contributed by atoms with Gasteiger partial charge in [0.15, 0.2) is 14.2 Å². The predicted octanol–water partition coefficient (Wildman–Crippen LogP) is 5.05. The molecule has 1 aromatic heterocycles. The summed E-state index contributed by atoms with van der Waals surface area (Å²) < 4.78 is 10.9. The van der Waals surface area contributed by atoms with Gasteiger partial charge in [-0.2, -0.15) is 0 Å². The standard InChI is InChI=1S/C20H25N2O2P/c1-12-4-5-17(14(12)3)20(23)18-10-21-7-6-19(18)22-16-8-13(2)15(9-16)11-25-24/h5-7,10,13,15-16H,4,8-9,11H2,1-3H3,(H,21,22)/t13-,15+,16-/m0/s1. The summed E-state index contributed by atoms with van der Waals surface area (Å²) in [6.45, 7) is 6.31. The molecule has 3 atom stereocenters. The van der Waals surface area contributed by atoms with E-state index < -0.39 is 0 Å². The highest BCUT2D eigenvalue weighted by molar-refractivity contribution is 7.23. The van der Waals surface area contributed by atoms with Crippen molar-refractivity contribution in [2.24, 2.45) is 11.8 Å². The molecule has 0 saturated heterocycles. The van der Waals surface area contributed by atoms with Crippen LogP contribution in [0, 0.1) is 11.8 Å². The van der Waals surface area contributed by atoms with Crippen molar-refractivity contribution in [1.82, 2.24) is 4.98 Å². The molecule has 3 rings (SSSR count).